The van der Waals surface area contributed by atoms with E-state index in [9.17, 15) is 4.79 Å². The third-order valence-corrected chi connectivity index (χ3v) is 6.62. The number of esters is 1. The molecule has 0 aliphatic heterocycles. The van der Waals surface area contributed by atoms with Crippen LogP contribution in [0.25, 0.3) is 11.3 Å². The summed E-state index contributed by atoms with van der Waals surface area (Å²) in [5, 5.41) is 0. The first-order valence-electron chi connectivity index (χ1n) is 14.2. The molecular formula is C33H43NO3. The average Bonchev–Trinajstić information content (AvgIpc) is 2.94. The molecule has 0 N–H and O–H groups in total. The highest BCUT2D eigenvalue weighted by molar-refractivity contribution is 5.91. The summed E-state index contributed by atoms with van der Waals surface area (Å²) in [5.74, 6) is 0.976. The Morgan fingerprint density at radius 3 is 1.95 bits per heavy atom. The van der Waals surface area contributed by atoms with E-state index in [2.05, 4.69) is 18.8 Å². The monoisotopic (exact) mass is 501 g/mol. The molecule has 1 heterocycles. The SMILES string of the molecule is CCCCCCCCc1ccc(C(=O)Oc2ccc(-c3ccc(OCCCCCCC)cn3)cc2)cc1. The minimum atomic E-state index is -0.340. The largest absolute Gasteiger partial charge is 0.492 e. The number of hydrogen-bond acceptors (Lipinski definition) is 4. The van der Waals surface area contributed by atoms with E-state index in [1.54, 1.807) is 6.20 Å². The number of aryl methyl sites for hydroxylation is 1. The molecule has 3 aromatic rings. The summed E-state index contributed by atoms with van der Waals surface area (Å²) in [6, 6.07) is 19.2. The van der Waals surface area contributed by atoms with Crippen molar-refractivity contribution in [1.29, 1.82) is 0 Å². The molecule has 1 aromatic heterocycles. The maximum atomic E-state index is 12.6. The van der Waals surface area contributed by atoms with Gasteiger partial charge in [-0.05, 0) is 73.4 Å². The Morgan fingerprint density at radius 1 is 0.676 bits per heavy atom. The molecule has 0 aliphatic carbocycles. The molecule has 0 atom stereocenters. The minimum Gasteiger partial charge on any atom is -0.492 e. The fourth-order valence-corrected chi connectivity index (χ4v) is 4.31. The van der Waals surface area contributed by atoms with Crippen LogP contribution in [0.4, 0.5) is 0 Å². The third kappa shape index (κ3) is 10.4. The van der Waals surface area contributed by atoms with Crippen molar-refractivity contribution in [2.45, 2.75) is 90.9 Å². The molecule has 0 aliphatic rings. The van der Waals surface area contributed by atoms with Crippen LogP contribution in [0, 0.1) is 0 Å². The summed E-state index contributed by atoms with van der Waals surface area (Å²) in [4.78, 5) is 17.1. The maximum Gasteiger partial charge on any atom is 0.343 e. The van der Waals surface area contributed by atoms with Gasteiger partial charge in [-0.2, -0.15) is 0 Å². The van der Waals surface area contributed by atoms with Gasteiger partial charge in [0.15, 0.2) is 0 Å². The van der Waals surface area contributed by atoms with Gasteiger partial charge in [-0.1, -0.05) is 83.8 Å². The number of ether oxygens (including phenoxy) is 2. The lowest BCUT2D eigenvalue weighted by molar-refractivity contribution is 0.0734. The molecule has 0 spiro atoms. The van der Waals surface area contributed by atoms with E-state index in [1.165, 1.54) is 69.8 Å². The van der Waals surface area contributed by atoms with E-state index < -0.39 is 0 Å². The maximum absolute atomic E-state index is 12.6. The Morgan fingerprint density at radius 2 is 1.30 bits per heavy atom. The summed E-state index contributed by atoms with van der Waals surface area (Å²) in [6.07, 6.45) is 16.7. The fraction of sp³-hybridized carbons (Fsp3) is 0.455. The van der Waals surface area contributed by atoms with Crippen molar-refractivity contribution in [2.75, 3.05) is 6.61 Å². The Hall–Kier alpha value is -3.14. The van der Waals surface area contributed by atoms with Crippen LogP contribution in [-0.2, 0) is 6.42 Å². The van der Waals surface area contributed by atoms with Crippen LogP contribution in [0.5, 0.6) is 11.5 Å². The van der Waals surface area contributed by atoms with Gasteiger partial charge in [-0.3, -0.25) is 4.98 Å². The Balaban J connectivity index is 1.43. The normalized spacial score (nSPS) is 10.9. The lowest BCUT2D eigenvalue weighted by atomic mass is 10.0. The van der Waals surface area contributed by atoms with Gasteiger partial charge in [-0.25, -0.2) is 4.79 Å². The van der Waals surface area contributed by atoms with Crippen molar-refractivity contribution < 1.29 is 14.3 Å². The zero-order valence-corrected chi connectivity index (χ0v) is 22.7. The van der Waals surface area contributed by atoms with Crippen LogP contribution in [0.2, 0.25) is 0 Å². The second-order valence-electron chi connectivity index (χ2n) is 9.77. The van der Waals surface area contributed by atoms with Crippen molar-refractivity contribution in [3.05, 3.63) is 78.0 Å². The molecule has 0 bridgehead atoms. The number of rotatable bonds is 17. The number of aromatic nitrogens is 1. The zero-order valence-electron chi connectivity index (χ0n) is 22.7. The molecular weight excluding hydrogens is 458 g/mol. The number of carbonyl (C=O) groups is 1. The van der Waals surface area contributed by atoms with Crippen LogP contribution in [0.3, 0.4) is 0 Å². The smallest absolute Gasteiger partial charge is 0.343 e. The van der Waals surface area contributed by atoms with Gasteiger partial charge < -0.3 is 9.47 Å². The molecule has 0 fully saturated rings. The average molecular weight is 502 g/mol. The Kier molecular flexibility index (Phi) is 12.7. The topological polar surface area (TPSA) is 48.4 Å². The second-order valence-corrected chi connectivity index (χ2v) is 9.77. The van der Waals surface area contributed by atoms with Crippen LogP contribution in [0.1, 0.15) is 100 Å². The first-order chi connectivity index (χ1) is 18.2. The number of unbranched alkanes of at least 4 members (excludes halogenated alkanes) is 9. The molecule has 198 valence electrons. The van der Waals surface area contributed by atoms with Gasteiger partial charge in [0.2, 0.25) is 0 Å². The Labute approximate surface area is 223 Å². The summed E-state index contributed by atoms with van der Waals surface area (Å²) in [7, 11) is 0. The number of hydrogen-bond donors (Lipinski definition) is 0. The van der Waals surface area contributed by atoms with E-state index in [4.69, 9.17) is 9.47 Å². The van der Waals surface area contributed by atoms with Gasteiger partial charge in [0, 0.05) is 5.56 Å². The number of benzene rings is 2. The standard InChI is InChI=1S/C33H43NO3/c1-3-5-7-9-10-12-14-27-15-17-29(18-16-27)33(35)37-30-21-19-28(20-22-30)32-24-23-31(26-34-32)36-25-13-11-8-6-4-2/h15-24,26H,3-14,25H2,1-2H3. The molecule has 0 unspecified atom stereocenters. The van der Waals surface area contributed by atoms with E-state index in [-0.39, 0.29) is 5.97 Å². The first kappa shape index (κ1) is 28.4. The lowest BCUT2D eigenvalue weighted by Gasteiger charge is -2.08. The quantitative estimate of drug-likeness (QED) is 0.105. The molecule has 3 rings (SSSR count). The summed E-state index contributed by atoms with van der Waals surface area (Å²) in [6.45, 7) is 5.19. The van der Waals surface area contributed by atoms with Gasteiger partial charge in [0.25, 0.3) is 0 Å². The second kappa shape index (κ2) is 16.6. The van der Waals surface area contributed by atoms with Gasteiger partial charge >= 0.3 is 5.97 Å². The molecule has 4 heteroatoms. The van der Waals surface area contributed by atoms with Crippen LogP contribution in [0.15, 0.2) is 66.9 Å². The number of carbonyl (C=O) groups excluding carboxylic acids is 1. The van der Waals surface area contributed by atoms with Crippen molar-refractivity contribution in [3.8, 4) is 22.8 Å². The van der Waals surface area contributed by atoms with Crippen LogP contribution < -0.4 is 9.47 Å². The first-order valence-corrected chi connectivity index (χ1v) is 14.2. The minimum absolute atomic E-state index is 0.340. The highest BCUT2D eigenvalue weighted by Gasteiger charge is 2.09. The van der Waals surface area contributed by atoms with E-state index in [1.807, 2.05) is 60.7 Å². The summed E-state index contributed by atoms with van der Waals surface area (Å²) in [5.41, 5.74) is 3.66. The van der Waals surface area contributed by atoms with Crippen LogP contribution in [-0.4, -0.2) is 17.6 Å². The van der Waals surface area contributed by atoms with Gasteiger partial charge in [0.05, 0.1) is 24.1 Å². The lowest BCUT2D eigenvalue weighted by Crippen LogP contribution is -2.08. The van der Waals surface area contributed by atoms with E-state index in [0.717, 1.165) is 36.5 Å². The van der Waals surface area contributed by atoms with Gasteiger partial charge in [0.1, 0.15) is 11.5 Å². The van der Waals surface area contributed by atoms with Crippen LogP contribution >= 0.6 is 0 Å². The highest BCUT2D eigenvalue weighted by Crippen LogP contribution is 2.23. The number of pyridine rings is 1. The fourth-order valence-electron chi connectivity index (χ4n) is 4.31. The van der Waals surface area contributed by atoms with E-state index in [0.29, 0.717) is 11.3 Å². The van der Waals surface area contributed by atoms with Crippen molar-refractivity contribution in [1.82, 2.24) is 4.98 Å². The third-order valence-electron chi connectivity index (χ3n) is 6.62. The molecule has 37 heavy (non-hydrogen) atoms. The molecule has 0 amide bonds. The zero-order chi connectivity index (χ0) is 26.1. The van der Waals surface area contributed by atoms with Crippen molar-refractivity contribution in [2.24, 2.45) is 0 Å². The predicted octanol–water partition coefficient (Wildman–Crippen LogP) is 9.22. The molecule has 0 saturated heterocycles. The number of nitrogens with zero attached hydrogens (tertiary/aromatic N) is 1. The highest BCUT2D eigenvalue weighted by atomic mass is 16.5. The van der Waals surface area contributed by atoms with E-state index >= 15 is 0 Å². The summed E-state index contributed by atoms with van der Waals surface area (Å²) >= 11 is 0. The Bertz CT molecular complexity index is 1030. The van der Waals surface area contributed by atoms with Gasteiger partial charge in [-0.15, -0.1) is 0 Å². The van der Waals surface area contributed by atoms with Crippen molar-refractivity contribution in [3.63, 3.8) is 0 Å². The predicted molar refractivity (Wildman–Crippen MR) is 152 cm³/mol. The molecule has 0 radical (unpaired) electrons. The molecule has 0 saturated carbocycles. The molecule has 4 nitrogen and oxygen atoms in total. The van der Waals surface area contributed by atoms with Crippen molar-refractivity contribution >= 4 is 5.97 Å². The molecule has 2 aromatic carbocycles. The summed E-state index contributed by atoms with van der Waals surface area (Å²) < 4.78 is 11.4.